The highest BCUT2D eigenvalue weighted by molar-refractivity contribution is 9.09. The van der Waals surface area contributed by atoms with Crippen LogP contribution in [0.3, 0.4) is 0 Å². The SMILES string of the molecule is CC(Br)CCCc1cccc(F)c1Cl. The van der Waals surface area contributed by atoms with Crippen molar-refractivity contribution in [3.05, 3.63) is 34.6 Å². The normalized spacial score (nSPS) is 12.9. The number of hydrogen-bond donors (Lipinski definition) is 0. The molecular weight excluding hydrogens is 266 g/mol. The van der Waals surface area contributed by atoms with E-state index in [2.05, 4.69) is 22.9 Å². The Labute approximate surface area is 97.6 Å². The third-order valence-corrected chi connectivity index (χ3v) is 2.96. The van der Waals surface area contributed by atoms with Gasteiger partial charge in [-0.15, -0.1) is 0 Å². The Kier molecular flexibility index (Phi) is 4.90. The highest BCUT2D eigenvalue weighted by atomic mass is 79.9. The molecule has 78 valence electrons. The summed E-state index contributed by atoms with van der Waals surface area (Å²) < 4.78 is 13.0. The number of alkyl halides is 1. The minimum atomic E-state index is -0.323. The maximum Gasteiger partial charge on any atom is 0.142 e. The molecule has 1 aromatic rings. The molecule has 1 atom stereocenters. The molecule has 0 spiro atoms. The lowest BCUT2D eigenvalue weighted by Gasteiger charge is -2.05. The van der Waals surface area contributed by atoms with Gasteiger partial charge in [0.25, 0.3) is 0 Å². The zero-order chi connectivity index (χ0) is 10.6. The summed E-state index contributed by atoms with van der Waals surface area (Å²) in [5.41, 5.74) is 0.903. The first-order valence-electron chi connectivity index (χ1n) is 4.68. The van der Waals surface area contributed by atoms with E-state index >= 15 is 0 Å². The van der Waals surface area contributed by atoms with Crippen LogP contribution in [0, 0.1) is 5.82 Å². The smallest absolute Gasteiger partial charge is 0.142 e. The summed E-state index contributed by atoms with van der Waals surface area (Å²) in [5.74, 6) is -0.323. The molecule has 0 saturated heterocycles. The fraction of sp³-hybridized carbons (Fsp3) is 0.455. The van der Waals surface area contributed by atoms with E-state index in [4.69, 9.17) is 11.6 Å². The second-order valence-electron chi connectivity index (χ2n) is 3.39. The molecule has 3 heteroatoms. The molecule has 1 rings (SSSR count). The van der Waals surface area contributed by atoms with Crippen LogP contribution >= 0.6 is 27.5 Å². The van der Waals surface area contributed by atoms with Crippen LogP contribution in [0.15, 0.2) is 18.2 Å². The first-order chi connectivity index (χ1) is 6.61. The molecule has 0 aliphatic heterocycles. The average molecular weight is 280 g/mol. The highest BCUT2D eigenvalue weighted by Crippen LogP contribution is 2.22. The Balaban J connectivity index is 2.54. The third-order valence-electron chi connectivity index (χ3n) is 2.08. The molecule has 0 radical (unpaired) electrons. The van der Waals surface area contributed by atoms with E-state index in [1.165, 1.54) is 6.07 Å². The Morgan fingerprint density at radius 2 is 2.21 bits per heavy atom. The van der Waals surface area contributed by atoms with Crippen LogP contribution in [0.2, 0.25) is 5.02 Å². The van der Waals surface area contributed by atoms with Crippen LogP contribution in [0.1, 0.15) is 25.3 Å². The fourth-order valence-electron chi connectivity index (χ4n) is 1.32. The predicted molar refractivity (Wildman–Crippen MR) is 62.7 cm³/mol. The summed E-state index contributed by atoms with van der Waals surface area (Å²) >= 11 is 9.30. The molecule has 0 fully saturated rings. The molecule has 1 unspecified atom stereocenters. The van der Waals surface area contributed by atoms with Crippen molar-refractivity contribution < 1.29 is 4.39 Å². The van der Waals surface area contributed by atoms with Crippen LogP contribution in [-0.2, 0) is 6.42 Å². The summed E-state index contributed by atoms with van der Waals surface area (Å²) in [7, 11) is 0. The number of halogens is 3. The highest BCUT2D eigenvalue weighted by Gasteiger charge is 2.05. The molecule has 0 aliphatic rings. The second kappa shape index (κ2) is 5.72. The Morgan fingerprint density at radius 1 is 1.50 bits per heavy atom. The van der Waals surface area contributed by atoms with Crippen molar-refractivity contribution >= 4 is 27.5 Å². The van der Waals surface area contributed by atoms with Crippen molar-refractivity contribution in [2.24, 2.45) is 0 Å². The van der Waals surface area contributed by atoms with Gasteiger partial charge in [0.2, 0.25) is 0 Å². The average Bonchev–Trinajstić information content (AvgIpc) is 2.12. The maximum absolute atomic E-state index is 13.0. The van der Waals surface area contributed by atoms with Crippen molar-refractivity contribution in [3.8, 4) is 0 Å². The predicted octanol–water partition coefficient (Wildman–Crippen LogP) is 4.59. The molecule has 0 amide bonds. The van der Waals surface area contributed by atoms with Gasteiger partial charge in [-0.3, -0.25) is 0 Å². The lowest BCUT2D eigenvalue weighted by Crippen LogP contribution is -1.94. The zero-order valence-corrected chi connectivity index (χ0v) is 10.4. The van der Waals surface area contributed by atoms with Crippen molar-refractivity contribution in [2.45, 2.75) is 31.0 Å². The largest absolute Gasteiger partial charge is 0.205 e. The number of rotatable bonds is 4. The summed E-state index contributed by atoms with van der Waals surface area (Å²) in [6, 6.07) is 4.97. The first-order valence-corrected chi connectivity index (χ1v) is 5.97. The maximum atomic E-state index is 13.0. The molecule has 0 aromatic heterocycles. The minimum Gasteiger partial charge on any atom is -0.205 e. The molecule has 0 heterocycles. The quantitative estimate of drug-likeness (QED) is 0.707. The van der Waals surface area contributed by atoms with Crippen molar-refractivity contribution in [3.63, 3.8) is 0 Å². The van der Waals surface area contributed by atoms with Gasteiger partial charge in [-0.05, 0) is 30.9 Å². The van der Waals surface area contributed by atoms with Crippen molar-refractivity contribution in [1.29, 1.82) is 0 Å². The zero-order valence-electron chi connectivity index (χ0n) is 8.06. The van der Waals surface area contributed by atoms with Gasteiger partial charge in [0, 0.05) is 4.83 Å². The number of hydrogen-bond acceptors (Lipinski definition) is 0. The van der Waals surface area contributed by atoms with Crippen LogP contribution in [0.25, 0.3) is 0 Å². The minimum absolute atomic E-state index is 0.273. The van der Waals surface area contributed by atoms with Gasteiger partial charge in [0.05, 0.1) is 5.02 Å². The fourth-order valence-corrected chi connectivity index (χ4v) is 1.86. The van der Waals surface area contributed by atoms with E-state index in [1.54, 1.807) is 6.07 Å². The van der Waals surface area contributed by atoms with Gasteiger partial charge in [-0.2, -0.15) is 0 Å². The Hall–Kier alpha value is -0.0800. The third kappa shape index (κ3) is 3.58. The molecule has 0 bridgehead atoms. The second-order valence-corrected chi connectivity index (χ2v) is 5.33. The standard InChI is InChI=1S/C11H13BrClF/c1-8(12)4-2-5-9-6-3-7-10(14)11(9)13/h3,6-8H,2,4-5H2,1H3. The van der Waals surface area contributed by atoms with Gasteiger partial charge in [-0.1, -0.05) is 46.6 Å². The van der Waals surface area contributed by atoms with Gasteiger partial charge in [0.15, 0.2) is 0 Å². The molecule has 0 aliphatic carbocycles. The molecular formula is C11H13BrClF. The Morgan fingerprint density at radius 3 is 2.86 bits per heavy atom. The van der Waals surface area contributed by atoms with Crippen molar-refractivity contribution in [1.82, 2.24) is 0 Å². The lowest BCUT2D eigenvalue weighted by molar-refractivity contribution is 0.624. The molecule has 1 aromatic carbocycles. The summed E-state index contributed by atoms with van der Waals surface area (Å²) in [5, 5.41) is 0.273. The van der Waals surface area contributed by atoms with Gasteiger partial charge >= 0.3 is 0 Å². The van der Waals surface area contributed by atoms with Crippen molar-refractivity contribution in [2.75, 3.05) is 0 Å². The van der Waals surface area contributed by atoms with E-state index in [-0.39, 0.29) is 10.8 Å². The van der Waals surface area contributed by atoms with E-state index in [0.29, 0.717) is 4.83 Å². The van der Waals surface area contributed by atoms with Crippen LogP contribution in [-0.4, -0.2) is 4.83 Å². The molecule has 0 saturated carbocycles. The van der Waals surface area contributed by atoms with Gasteiger partial charge in [0.1, 0.15) is 5.82 Å². The summed E-state index contributed by atoms with van der Waals surface area (Å²) in [6.07, 6.45) is 2.94. The van der Waals surface area contributed by atoms with E-state index < -0.39 is 0 Å². The summed E-state index contributed by atoms with van der Waals surface area (Å²) in [4.78, 5) is 0.509. The monoisotopic (exact) mass is 278 g/mol. The van der Waals surface area contributed by atoms with Crippen LogP contribution in [0.5, 0.6) is 0 Å². The molecule has 0 nitrogen and oxygen atoms in total. The number of benzene rings is 1. The van der Waals surface area contributed by atoms with E-state index in [9.17, 15) is 4.39 Å². The topological polar surface area (TPSA) is 0 Å². The Bertz CT molecular complexity index is 299. The van der Waals surface area contributed by atoms with Gasteiger partial charge in [-0.25, -0.2) is 4.39 Å². The van der Waals surface area contributed by atoms with Gasteiger partial charge < -0.3 is 0 Å². The van der Waals surface area contributed by atoms with Crippen LogP contribution in [0.4, 0.5) is 4.39 Å². The first kappa shape index (κ1) is 12.0. The molecule has 14 heavy (non-hydrogen) atoms. The molecule has 0 N–H and O–H groups in total. The summed E-state index contributed by atoms with van der Waals surface area (Å²) in [6.45, 7) is 2.10. The lowest BCUT2D eigenvalue weighted by atomic mass is 10.1. The van der Waals surface area contributed by atoms with E-state index in [1.807, 2.05) is 6.07 Å². The van der Waals surface area contributed by atoms with Crippen LogP contribution < -0.4 is 0 Å². The van der Waals surface area contributed by atoms with E-state index in [0.717, 1.165) is 24.8 Å². The number of aryl methyl sites for hydroxylation is 1.